The Morgan fingerprint density at radius 2 is 1.87 bits per heavy atom. The molecule has 0 bridgehead atoms. The second-order valence-electron chi connectivity index (χ2n) is 8.23. The number of rotatable bonds is 7. The van der Waals surface area contributed by atoms with Crippen LogP contribution in [0.15, 0.2) is 48.5 Å². The first-order valence-electron chi connectivity index (χ1n) is 10.9. The molecule has 4 rings (SSSR count). The van der Waals surface area contributed by atoms with Crippen molar-refractivity contribution in [3.63, 3.8) is 0 Å². The van der Waals surface area contributed by atoms with Crippen LogP contribution in [0.1, 0.15) is 71.5 Å². The van der Waals surface area contributed by atoms with Crippen LogP contribution in [0.3, 0.4) is 0 Å². The minimum absolute atomic E-state index is 0.199. The molecule has 0 saturated heterocycles. The molecule has 0 spiro atoms. The number of amides is 1. The van der Waals surface area contributed by atoms with E-state index >= 15 is 0 Å². The molecule has 1 amide bonds. The van der Waals surface area contributed by atoms with Gasteiger partial charge in [-0.05, 0) is 61.4 Å². The van der Waals surface area contributed by atoms with E-state index in [-0.39, 0.29) is 11.9 Å². The maximum atomic E-state index is 13.6. The highest BCUT2D eigenvalue weighted by Gasteiger charge is 2.31. The average molecular weight is 405 g/mol. The largest absolute Gasteiger partial charge is 0.366 e. The van der Waals surface area contributed by atoms with Gasteiger partial charge in [0.2, 0.25) is 0 Å². The number of nitrogens with zero attached hydrogens (tertiary/aromatic N) is 1. The Labute approximate surface area is 177 Å². The van der Waals surface area contributed by atoms with Crippen molar-refractivity contribution in [3.05, 3.63) is 82.4 Å². The Morgan fingerprint density at radius 3 is 2.57 bits per heavy atom. The SMILES string of the molecule is CCCCCc1c(-c2ccc(F)cc2)c(C(N)=O)c(C)n1C1CCc2ccccc21. The van der Waals surface area contributed by atoms with E-state index in [0.717, 1.165) is 61.0 Å². The zero-order valence-electron chi connectivity index (χ0n) is 17.7. The van der Waals surface area contributed by atoms with Crippen LogP contribution in [0.2, 0.25) is 0 Å². The molecule has 0 aliphatic heterocycles. The highest BCUT2D eigenvalue weighted by Crippen LogP contribution is 2.42. The summed E-state index contributed by atoms with van der Waals surface area (Å²) < 4.78 is 16.0. The number of unbranched alkanes of at least 4 members (excludes halogenated alkanes) is 2. The molecule has 2 aromatic carbocycles. The van der Waals surface area contributed by atoms with E-state index in [0.29, 0.717) is 5.56 Å². The second kappa shape index (κ2) is 8.47. The van der Waals surface area contributed by atoms with Crippen molar-refractivity contribution < 1.29 is 9.18 Å². The van der Waals surface area contributed by atoms with Gasteiger partial charge in [0.15, 0.2) is 0 Å². The molecule has 4 heteroatoms. The third kappa shape index (κ3) is 3.55. The summed E-state index contributed by atoms with van der Waals surface area (Å²) in [6, 6.07) is 15.2. The van der Waals surface area contributed by atoms with Crippen molar-refractivity contribution in [1.82, 2.24) is 4.57 Å². The summed E-state index contributed by atoms with van der Waals surface area (Å²) in [4.78, 5) is 12.6. The summed E-state index contributed by atoms with van der Waals surface area (Å²) in [5.41, 5.74) is 12.9. The molecule has 156 valence electrons. The first-order chi connectivity index (χ1) is 14.5. The Bertz CT molecular complexity index is 1070. The zero-order valence-corrected chi connectivity index (χ0v) is 17.7. The zero-order chi connectivity index (χ0) is 21.3. The quantitative estimate of drug-likeness (QED) is 0.485. The highest BCUT2D eigenvalue weighted by atomic mass is 19.1. The van der Waals surface area contributed by atoms with E-state index in [4.69, 9.17) is 5.73 Å². The van der Waals surface area contributed by atoms with E-state index in [1.165, 1.54) is 23.3 Å². The van der Waals surface area contributed by atoms with E-state index in [2.05, 4.69) is 35.8 Å². The summed E-state index contributed by atoms with van der Waals surface area (Å²) in [6.07, 6.45) is 6.20. The van der Waals surface area contributed by atoms with E-state index in [1.54, 1.807) is 12.1 Å². The average Bonchev–Trinajstić information content (AvgIpc) is 3.27. The first-order valence-corrected chi connectivity index (χ1v) is 10.9. The smallest absolute Gasteiger partial charge is 0.251 e. The number of carbonyl (C=O) groups is 1. The molecule has 0 saturated carbocycles. The molecular weight excluding hydrogens is 375 g/mol. The Hall–Kier alpha value is -2.88. The van der Waals surface area contributed by atoms with Crippen molar-refractivity contribution in [2.75, 3.05) is 0 Å². The van der Waals surface area contributed by atoms with Crippen LogP contribution in [0.25, 0.3) is 11.1 Å². The summed E-state index contributed by atoms with van der Waals surface area (Å²) in [5, 5.41) is 0. The molecule has 0 fully saturated rings. The molecule has 3 nitrogen and oxygen atoms in total. The lowest BCUT2D eigenvalue weighted by Crippen LogP contribution is -2.15. The molecule has 3 aromatic rings. The lowest BCUT2D eigenvalue weighted by molar-refractivity contribution is 0.1000. The van der Waals surface area contributed by atoms with Gasteiger partial charge in [-0.15, -0.1) is 0 Å². The molecule has 1 unspecified atom stereocenters. The maximum absolute atomic E-state index is 13.6. The molecule has 30 heavy (non-hydrogen) atoms. The third-order valence-electron chi connectivity index (χ3n) is 6.36. The Morgan fingerprint density at radius 1 is 1.13 bits per heavy atom. The summed E-state index contributed by atoms with van der Waals surface area (Å²) in [5.74, 6) is -0.707. The molecule has 1 aliphatic carbocycles. The topological polar surface area (TPSA) is 48.0 Å². The van der Waals surface area contributed by atoms with Crippen molar-refractivity contribution in [2.45, 2.75) is 58.4 Å². The molecule has 1 atom stereocenters. The van der Waals surface area contributed by atoms with Crippen LogP contribution in [0.4, 0.5) is 4.39 Å². The summed E-state index contributed by atoms with van der Waals surface area (Å²) in [7, 11) is 0. The fraction of sp³-hybridized carbons (Fsp3) is 0.346. The van der Waals surface area contributed by atoms with Gasteiger partial charge in [0.25, 0.3) is 5.91 Å². The van der Waals surface area contributed by atoms with Crippen molar-refractivity contribution >= 4 is 5.91 Å². The predicted molar refractivity (Wildman–Crippen MR) is 119 cm³/mol. The van der Waals surface area contributed by atoms with Crippen LogP contribution in [0.5, 0.6) is 0 Å². The van der Waals surface area contributed by atoms with Gasteiger partial charge >= 0.3 is 0 Å². The van der Waals surface area contributed by atoms with Crippen molar-refractivity contribution in [2.24, 2.45) is 5.73 Å². The molecular formula is C26H29FN2O. The summed E-state index contributed by atoms with van der Waals surface area (Å²) in [6.45, 7) is 4.19. The number of aryl methyl sites for hydroxylation is 1. The minimum atomic E-state index is -0.423. The number of nitrogens with two attached hydrogens (primary N) is 1. The van der Waals surface area contributed by atoms with E-state index in [9.17, 15) is 9.18 Å². The van der Waals surface area contributed by atoms with Gasteiger partial charge in [-0.25, -0.2) is 4.39 Å². The number of fused-ring (bicyclic) bond motifs is 1. The van der Waals surface area contributed by atoms with Crippen LogP contribution < -0.4 is 5.73 Å². The van der Waals surface area contributed by atoms with Gasteiger partial charge in [-0.3, -0.25) is 4.79 Å². The van der Waals surface area contributed by atoms with Gasteiger partial charge in [-0.1, -0.05) is 56.2 Å². The summed E-state index contributed by atoms with van der Waals surface area (Å²) >= 11 is 0. The van der Waals surface area contributed by atoms with Crippen LogP contribution >= 0.6 is 0 Å². The molecule has 1 heterocycles. The first kappa shape index (κ1) is 20.4. The van der Waals surface area contributed by atoms with Gasteiger partial charge < -0.3 is 10.3 Å². The van der Waals surface area contributed by atoms with Gasteiger partial charge in [0, 0.05) is 17.0 Å². The third-order valence-corrected chi connectivity index (χ3v) is 6.36. The van der Waals surface area contributed by atoms with Gasteiger partial charge in [0.1, 0.15) is 5.82 Å². The van der Waals surface area contributed by atoms with Gasteiger partial charge in [-0.2, -0.15) is 0 Å². The number of aromatic nitrogens is 1. The monoisotopic (exact) mass is 404 g/mol. The number of benzene rings is 2. The van der Waals surface area contributed by atoms with Gasteiger partial charge in [0.05, 0.1) is 11.6 Å². The Balaban J connectivity index is 1.94. The van der Waals surface area contributed by atoms with Crippen LogP contribution in [-0.2, 0) is 12.8 Å². The lowest BCUT2D eigenvalue weighted by atomic mass is 9.97. The number of hydrogen-bond acceptors (Lipinski definition) is 1. The van der Waals surface area contributed by atoms with E-state index in [1.807, 2.05) is 6.92 Å². The number of halogens is 1. The standard InChI is InChI=1S/C26H29FN2O/c1-3-4-5-10-23-25(19-11-14-20(27)15-12-19)24(26(28)30)17(2)29(23)22-16-13-18-8-6-7-9-21(18)22/h6-9,11-12,14-15,22H,3-5,10,13,16H2,1-2H3,(H2,28,30). The number of primary amides is 1. The molecule has 1 aromatic heterocycles. The number of hydrogen-bond donors (Lipinski definition) is 1. The number of carbonyl (C=O) groups excluding carboxylic acids is 1. The fourth-order valence-corrected chi connectivity index (χ4v) is 5.01. The molecule has 0 radical (unpaired) electrons. The second-order valence-corrected chi connectivity index (χ2v) is 8.23. The van der Waals surface area contributed by atoms with Crippen molar-refractivity contribution in [1.29, 1.82) is 0 Å². The fourth-order valence-electron chi connectivity index (χ4n) is 5.01. The Kier molecular flexibility index (Phi) is 5.76. The minimum Gasteiger partial charge on any atom is -0.366 e. The molecule has 1 aliphatic rings. The lowest BCUT2D eigenvalue weighted by Gasteiger charge is -2.21. The predicted octanol–water partition coefficient (Wildman–Crippen LogP) is 5.97. The van der Waals surface area contributed by atoms with E-state index < -0.39 is 5.91 Å². The van der Waals surface area contributed by atoms with Crippen LogP contribution in [0, 0.1) is 12.7 Å². The highest BCUT2D eigenvalue weighted by molar-refractivity contribution is 6.02. The van der Waals surface area contributed by atoms with Crippen LogP contribution in [-0.4, -0.2) is 10.5 Å². The molecule has 2 N–H and O–H groups in total. The maximum Gasteiger partial charge on any atom is 0.251 e. The van der Waals surface area contributed by atoms with Crippen molar-refractivity contribution in [3.8, 4) is 11.1 Å². The normalized spacial score (nSPS) is 15.4.